The van der Waals surface area contributed by atoms with Crippen LogP contribution in [-0.2, 0) is 0 Å². The minimum atomic E-state index is 1.08. The van der Waals surface area contributed by atoms with E-state index in [0.717, 1.165) is 11.4 Å². The van der Waals surface area contributed by atoms with Crippen LogP contribution in [0.3, 0.4) is 0 Å². The Bertz CT molecular complexity index is 683. The van der Waals surface area contributed by atoms with Crippen molar-refractivity contribution in [2.75, 3.05) is 0 Å². The van der Waals surface area contributed by atoms with E-state index in [-0.39, 0.29) is 0 Å². The monoisotopic (exact) mass is 207 g/mol. The number of hydrogen-bond acceptors (Lipinski definition) is 1. The first kappa shape index (κ1) is 9.34. The van der Waals surface area contributed by atoms with E-state index in [1.165, 1.54) is 21.5 Å². The van der Waals surface area contributed by atoms with Crippen molar-refractivity contribution in [1.82, 2.24) is 4.98 Å². The van der Waals surface area contributed by atoms with Gasteiger partial charge in [-0.05, 0) is 48.2 Å². The SMILES string of the molecule is Cc1cc2cc3ccccc3cc2c(C)n1. The third-order valence-corrected chi connectivity index (χ3v) is 3.02. The number of pyridine rings is 1. The van der Waals surface area contributed by atoms with Crippen molar-refractivity contribution in [3.05, 3.63) is 53.9 Å². The van der Waals surface area contributed by atoms with Gasteiger partial charge in [-0.25, -0.2) is 0 Å². The number of aryl methyl sites for hydroxylation is 2. The fourth-order valence-corrected chi connectivity index (χ4v) is 2.27. The molecule has 1 aromatic heterocycles. The molecule has 0 unspecified atom stereocenters. The molecule has 78 valence electrons. The summed E-state index contributed by atoms with van der Waals surface area (Å²) in [5.74, 6) is 0. The minimum Gasteiger partial charge on any atom is -0.258 e. The average Bonchev–Trinajstić information content (AvgIpc) is 2.27. The first-order valence-corrected chi connectivity index (χ1v) is 5.51. The van der Waals surface area contributed by atoms with Crippen molar-refractivity contribution in [3.63, 3.8) is 0 Å². The average molecular weight is 207 g/mol. The lowest BCUT2D eigenvalue weighted by Gasteiger charge is -2.05. The molecule has 0 aliphatic rings. The minimum absolute atomic E-state index is 1.08. The lowest BCUT2D eigenvalue weighted by molar-refractivity contribution is 1.15. The summed E-state index contributed by atoms with van der Waals surface area (Å²) in [4.78, 5) is 4.51. The summed E-state index contributed by atoms with van der Waals surface area (Å²) >= 11 is 0. The molecule has 0 saturated carbocycles. The third-order valence-electron chi connectivity index (χ3n) is 3.02. The van der Waals surface area contributed by atoms with E-state index in [1.54, 1.807) is 0 Å². The summed E-state index contributed by atoms with van der Waals surface area (Å²) < 4.78 is 0. The van der Waals surface area contributed by atoms with Crippen LogP contribution in [0.15, 0.2) is 42.5 Å². The molecule has 0 atom stereocenters. The molecule has 1 heteroatoms. The molecule has 0 spiro atoms. The maximum atomic E-state index is 4.51. The van der Waals surface area contributed by atoms with Crippen molar-refractivity contribution in [1.29, 1.82) is 0 Å². The standard InChI is InChI=1S/C15H13N/c1-10-7-14-8-12-5-3-4-6-13(12)9-15(14)11(2)16-10/h3-9H,1-2H3. The molecule has 3 rings (SSSR count). The fraction of sp³-hybridized carbons (Fsp3) is 0.133. The number of fused-ring (bicyclic) bond motifs is 2. The van der Waals surface area contributed by atoms with Crippen LogP contribution in [0.2, 0.25) is 0 Å². The Morgan fingerprint density at radius 3 is 2.25 bits per heavy atom. The predicted octanol–water partition coefficient (Wildman–Crippen LogP) is 4.00. The Labute approximate surface area is 94.7 Å². The summed E-state index contributed by atoms with van der Waals surface area (Å²) in [6.45, 7) is 4.12. The number of rotatable bonds is 0. The number of hydrogen-bond donors (Lipinski definition) is 0. The number of aromatic nitrogens is 1. The van der Waals surface area contributed by atoms with E-state index >= 15 is 0 Å². The van der Waals surface area contributed by atoms with Crippen molar-refractivity contribution in [2.45, 2.75) is 13.8 Å². The van der Waals surface area contributed by atoms with E-state index in [1.807, 2.05) is 6.92 Å². The van der Waals surface area contributed by atoms with E-state index < -0.39 is 0 Å². The molecule has 0 aliphatic carbocycles. The van der Waals surface area contributed by atoms with Crippen LogP contribution in [0.25, 0.3) is 21.5 Å². The smallest absolute Gasteiger partial charge is 0.0454 e. The zero-order valence-electron chi connectivity index (χ0n) is 9.49. The van der Waals surface area contributed by atoms with Gasteiger partial charge in [-0.2, -0.15) is 0 Å². The molecule has 2 aromatic carbocycles. The van der Waals surface area contributed by atoms with Gasteiger partial charge in [0.2, 0.25) is 0 Å². The largest absolute Gasteiger partial charge is 0.258 e. The maximum absolute atomic E-state index is 4.51. The van der Waals surface area contributed by atoms with Crippen molar-refractivity contribution in [3.8, 4) is 0 Å². The molecule has 0 bridgehead atoms. The topological polar surface area (TPSA) is 12.9 Å². The van der Waals surface area contributed by atoms with Gasteiger partial charge in [-0.3, -0.25) is 4.98 Å². The first-order valence-electron chi connectivity index (χ1n) is 5.51. The number of benzene rings is 2. The Balaban J connectivity index is 2.51. The van der Waals surface area contributed by atoms with Gasteiger partial charge in [-0.15, -0.1) is 0 Å². The number of nitrogens with zero attached hydrogens (tertiary/aromatic N) is 1. The summed E-state index contributed by atoms with van der Waals surface area (Å²) in [5, 5.41) is 5.11. The first-order chi connectivity index (χ1) is 7.74. The van der Waals surface area contributed by atoms with Crippen LogP contribution in [0, 0.1) is 13.8 Å². The van der Waals surface area contributed by atoms with Crippen LogP contribution < -0.4 is 0 Å². The second-order valence-corrected chi connectivity index (χ2v) is 4.27. The zero-order valence-corrected chi connectivity index (χ0v) is 9.49. The highest BCUT2D eigenvalue weighted by Gasteiger charge is 2.02. The second-order valence-electron chi connectivity index (χ2n) is 4.27. The molecule has 3 aromatic rings. The van der Waals surface area contributed by atoms with Gasteiger partial charge in [-0.1, -0.05) is 24.3 Å². The van der Waals surface area contributed by atoms with Gasteiger partial charge in [0.25, 0.3) is 0 Å². The molecule has 0 amide bonds. The van der Waals surface area contributed by atoms with Crippen molar-refractivity contribution >= 4 is 21.5 Å². The second kappa shape index (κ2) is 3.31. The van der Waals surface area contributed by atoms with E-state index in [2.05, 4.69) is 54.4 Å². The lowest BCUT2D eigenvalue weighted by atomic mass is 10.0. The quantitative estimate of drug-likeness (QED) is 0.508. The third kappa shape index (κ3) is 1.36. The Morgan fingerprint density at radius 1 is 0.812 bits per heavy atom. The molecule has 0 N–H and O–H groups in total. The van der Waals surface area contributed by atoms with E-state index in [0.29, 0.717) is 0 Å². The lowest BCUT2D eigenvalue weighted by Crippen LogP contribution is -1.88. The molecule has 1 heterocycles. The Hall–Kier alpha value is -1.89. The van der Waals surface area contributed by atoms with E-state index in [9.17, 15) is 0 Å². The predicted molar refractivity (Wildman–Crippen MR) is 68.7 cm³/mol. The van der Waals surface area contributed by atoms with Crippen LogP contribution >= 0.6 is 0 Å². The van der Waals surface area contributed by atoms with Gasteiger partial charge >= 0.3 is 0 Å². The summed E-state index contributed by atoms with van der Waals surface area (Å²) in [6, 6.07) is 15.1. The van der Waals surface area contributed by atoms with Crippen LogP contribution in [0.5, 0.6) is 0 Å². The molecule has 0 saturated heterocycles. The normalized spacial score (nSPS) is 11.1. The zero-order chi connectivity index (χ0) is 11.1. The van der Waals surface area contributed by atoms with Gasteiger partial charge in [0.05, 0.1) is 0 Å². The molecular weight excluding hydrogens is 194 g/mol. The maximum Gasteiger partial charge on any atom is 0.0454 e. The van der Waals surface area contributed by atoms with Crippen LogP contribution in [0.1, 0.15) is 11.4 Å². The highest BCUT2D eigenvalue weighted by atomic mass is 14.7. The van der Waals surface area contributed by atoms with Gasteiger partial charge in [0.1, 0.15) is 0 Å². The summed E-state index contributed by atoms with van der Waals surface area (Å²) in [7, 11) is 0. The molecule has 16 heavy (non-hydrogen) atoms. The van der Waals surface area contributed by atoms with Crippen LogP contribution in [0.4, 0.5) is 0 Å². The molecule has 0 fully saturated rings. The van der Waals surface area contributed by atoms with Gasteiger partial charge in [0.15, 0.2) is 0 Å². The molecule has 0 radical (unpaired) electrons. The van der Waals surface area contributed by atoms with Gasteiger partial charge < -0.3 is 0 Å². The van der Waals surface area contributed by atoms with Gasteiger partial charge in [0, 0.05) is 16.8 Å². The molecular formula is C15H13N. The Morgan fingerprint density at radius 2 is 1.50 bits per heavy atom. The molecule has 0 aliphatic heterocycles. The summed E-state index contributed by atoms with van der Waals surface area (Å²) in [5.41, 5.74) is 2.20. The highest BCUT2D eigenvalue weighted by molar-refractivity contribution is 5.99. The Kier molecular flexibility index (Phi) is 1.93. The highest BCUT2D eigenvalue weighted by Crippen LogP contribution is 2.24. The van der Waals surface area contributed by atoms with Crippen molar-refractivity contribution < 1.29 is 0 Å². The summed E-state index contributed by atoms with van der Waals surface area (Å²) in [6.07, 6.45) is 0. The van der Waals surface area contributed by atoms with Crippen LogP contribution in [-0.4, -0.2) is 4.98 Å². The fourth-order valence-electron chi connectivity index (χ4n) is 2.27. The van der Waals surface area contributed by atoms with E-state index in [4.69, 9.17) is 0 Å². The molecule has 1 nitrogen and oxygen atoms in total. The van der Waals surface area contributed by atoms with Crippen molar-refractivity contribution in [2.24, 2.45) is 0 Å².